The van der Waals surface area contributed by atoms with Crippen LogP contribution in [0.3, 0.4) is 0 Å². The first-order valence-corrected chi connectivity index (χ1v) is 5.78. The van der Waals surface area contributed by atoms with Crippen molar-refractivity contribution in [2.75, 3.05) is 14.2 Å². The molecule has 0 atom stereocenters. The lowest BCUT2D eigenvalue weighted by atomic mass is 10.2. The number of benzene rings is 2. The third-order valence-electron chi connectivity index (χ3n) is 2.62. The molecule has 0 fully saturated rings. The SMILES string of the molecule is COc1cccc(N=Cc2ccc(OC)c(O)c2)c1. The van der Waals surface area contributed by atoms with E-state index in [4.69, 9.17) is 9.47 Å². The molecule has 0 aliphatic carbocycles. The monoisotopic (exact) mass is 257 g/mol. The Bertz CT molecular complexity index is 594. The zero-order chi connectivity index (χ0) is 13.7. The average Bonchev–Trinajstić information content (AvgIpc) is 2.45. The Kier molecular flexibility index (Phi) is 4.03. The third kappa shape index (κ3) is 3.25. The second-order valence-corrected chi connectivity index (χ2v) is 3.89. The molecule has 2 rings (SSSR count). The summed E-state index contributed by atoms with van der Waals surface area (Å²) in [6, 6.07) is 12.6. The number of hydrogen-bond acceptors (Lipinski definition) is 4. The number of methoxy groups -OCH3 is 2. The largest absolute Gasteiger partial charge is 0.504 e. The fourth-order valence-corrected chi connectivity index (χ4v) is 1.63. The van der Waals surface area contributed by atoms with Gasteiger partial charge in [0.2, 0.25) is 0 Å². The summed E-state index contributed by atoms with van der Waals surface area (Å²) in [6.45, 7) is 0. The van der Waals surface area contributed by atoms with E-state index in [0.717, 1.165) is 17.0 Å². The van der Waals surface area contributed by atoms with Crippen LogP contribution in [-0.2, 0) is 0 Å². The topological polar surface area (TPSA) is 51.0 Å². The van der Waals surface area contributed by atoms with Crippen LogP contribution in [0.4, 0.5) is 5.69 Å². The number of hydrogen-bond donors (Lipinski definition) is 1. The first-order valence-electron chi connectivity index (χ1n) is 5.78. The van der Waals surface area contributed by atoms with Crippen molar-refractivity contribution in [1.82, 2.24) is 0 Å². The summed E-state index contributed by atoms with van der Waals surface area (Å²) < 4.78 is 10.1. The van der Waals surface area contributed by atoms with Crippen molar-refractivity contribution in [3.63, 3.8) is 0 Å². The van der Waals surface area contributed by atoms with E-state index in [1.54, 1.807) is 25.5 Å². The van der Waals surface area contributed by atoms with Crippen LogP contribution in [0.2, 0.25) is 0 Å². The molecular weight excluding hydrogens is 242 g/mol. The predicted molar refractivity (Wildman–Crippen MR) is 74.9 cm³/mol. The molecule has 4 nitrogen and oxygen atoms in total. The molecule has 0 aliphatic rings. The minimum absolute atomic E-state index is 0.0945. The van der Waals surface area contributed by atoms with Crippen LogP contribution in [0.1, 0.15) is 5.56 Å². The number of aliphatic imine (C=N–C) groups is 1. The number of phenols is 1. The Labute approximate surface area is 111 Å². The van der Waals surface area contributed by atoms with Gasteiger partial charge in [0.25, 0.3) is 0 Å². The highest BCUT2D eigenvalue weighted by molar-refractivity contribution is 5.83. The Morgan fingerprint density at radius 1 is 1.05 bits per heavy atom. The van der Waals surface area contributed by atoms with Crippen LogP contribution in [-0.4, -0.2) is 25.5 Å². The molecule has 0 saturated heterocycles. The first-order chi connectivity index (χ1) is 9.22. The molecule has 0 spiro atoms. The third-order valence-corrected chi connectivity index (χ3v) is 2.62. The van der Waals surface area contributed by atoms with Crippen molar-refractivity contribution in [3.8, 4) is 17.2 Å². The van der Waals surface area contributed by atoms with Gasteiger partial charge in [-0.25, -0.2) is 0 Å². The highest BCUT2D eigenvalue weighted by Gasteiger charge is 2.00. The molecule has 19 heavy (non-hydrogen) atoms. The first kappa shape index (κ1) is 13.0. The predicted octanol–water partition coefficient (Wildman–Crippen LogP) is 3.16. The molecule has 0 unspecified atom stereocenters. The number of nitrogens with zero attached hydrogens (tertiary/aromatic N) is 1. The molecule has 0 bridgehead atoms. The Balaban J connectivity index is 2.20. The molecule has 0 saturated carbocycles. The number of rotatable bonds is 4. The van der Waals surface area contributed by atoms with Crippen molar-refractivity contribution in [2.24, 2.45) is 4.99 Å². The van der Waals surface area contributed by atoms with Gasteiger partial charge in [-0.2, -0.15) is 0 Å². The molecule has 1 N–H and O–H groups in total. The molecule has 0 aromatic heterocycles. The van der Waals surface area contributed by atoms with Gasteiger partial charge in [-0.05, 0) is 35.9 Å². The molecule has 2 aromatic carbocycles. The highest BCUT2D eigenvalue weighted by Crippen LogP contribution is 2.26. The average molecular weight is 257 g/mol. The number of ether oxygens (including phenoxy) is 2. The molecule has 98 valence electrons. The molecule has 0 amide bonds. The second kappa shape index (κ2) is 5.91. The van der Waals surface area contributed by atoms with Crippen LogP contribution < -0.4 is 9.47 Å². The second-order valence-electron chi connectivity index (χ2n) is 3.89. The standard InChI is InChI=1S/C15H15NO3/c1-18-13-5-3-4-12(9-13)16-10-11-6-7-15(19-2)14(17)8-11/h3-10,17H,1-2H3. The van der Waals surface area contributed by atoms with Crippen LogP contribution in [0.15, 0.2) is 47.5 Å². The van der Waals surface area contributed by atoms with Crippen molar-refractivity contribution in [2.45, 2.75) is 0 Å². The molecule has 4 heteroatoms. The highest BCUT2D eigenvalue weighted by atomic mass is 16.5. The van der Waals surface area contributed by atoms with E-state index in [0.29, 0.717) is 5.75 Å². The molecule has 0 radical (unpaired) electrons. The lowest BCUT2D eigenvalue weighted by Gasteiger charge is -2.03. The summed E-state index contributed by atoms with van der Waals surface area (Å²) in [5, 5.41) is 9.66. The summed E-state index contributed by atoms with van der Waals surface area (Å²) >= 11 is 0. The Morgan fingerprint density at radius 2 is 1.89 bits per heavy atom. The normalized spacial score (nSPS) is 10.6. The van der Waals surface area contributed by atoms with Gasteiger partial charge < -0.3 is 14.6 Å². The quantitative estimate of drug-likeness (QED) is 0.856. The van der Waals surface area contributed by atoms with Gasteiger partial charge in [0.1, 0.15) is 5.75 Å². The van der Waals surface area contributed by atoms with Crippen LogP contribution >= 0.6 is 0 Å². The van der Waals surface area contributed by atoms with Gasteiger partial charge in [-0.1, -0.05) is 6.07 Å². The van der Waals surface area contributed by atoms with E-state index in [9.17, 15) is 5.11 Å². The van der Waals surface area contributed by atoms with Gasteiger partial charge in [0, 0.05) is 12.3 Å². The maximum absolute atomic E-state index is 9.66. The van der Waals surface area contributed by atoms with E-state index in [1.807, 2.05) is 30.3 Å². The van der Waals surface area contributed by atoms with E-state index in [2.05, 4.69) is 4.99 Å². The van der Waals surface area contributed by atoms with Gasteiger partial charge in [-0.3, -0.25) is 4.99 Å². The smallest absolute Gasteiger partial charge is 0.160 e. The summed E-state index contributed by atoms with van der Waals surface area (Å²) in [6.07, 6.45) is 1.67. The lowest BCUT2D eigenvalue weighted by Crippen LogP contribution is -1.86. The minimum Gasteiger partial charge on any atom is -0.504 e. The summed E-state index contributed by atoms with van der Waals surface area (Å²) in [5.41, 5.74) is 1.58. The van der Waals surface area contributed by atoms with Gasteiger partial charge >= 0.3 is 0 Å². The molecular formula is C15H15NO3. The van der Waals surface area contributed by atoms with Crippen molar-refractivity contribution in [3.05, 3.63) is 48.0 Å². The molecule has 0 heterocycles. The Hall–Kier alpha value is -2.49. The van der Waals surface area contributed by atoms with Crippen molar-refractivity contribution < 1.29 is 14.6 Å². The summed E-state index contributed by atoms with van der Waals surface area (Å²) in [5.74, 6) is 1.29. The fraction of sp³-hybridized carbons (Fsp3) is 0.133. The maximum atomic E-state index is 9.66. The molecule has 0 aliphatic heterocycles. The minimum atomic E-state index is 0.0945. The van der Waals surface area contributed by atoms with Crippen molar-refractivity contribution in [1.29, 1.82) is 0 Å². The number of aromatic hydroxyl groups is 1. The van der Waals surface area contributed by atoms with Gasteiger partial charge in [-0.15, -0.1) is 0 Å². The van der Waals surface area contributed by atoms with Crippen LogP contribution in [0.5, 0.6) is 17.2 Å². The Morgan fingerprint density at radius 3 is 2.58 bits per heavy atom. The lowest BCUT2D eigenvalue weighted by molar-refractivity contribution is 0.373. The summed E-state index contributed by atoms with van der Waals surface area (Å²) in [7, 11) is 3.13. The van der Waals surface area contributed by atoms with Gasteiger partial charge in [0.15, 0.2) is 11.5 Å². The van der Waals surface area contributed by atoms with Crippen LogP contribution in [0.25, 0.3) is 0 Å². The van der Waals surface area contributed by atoms with Gasteiger partial charge in [0.05, 0.1) is 19.9 Å². The summed E-state index contributed by atoms with van der Waals surface area (Å²) in [4.78, 5) is 4.32. The maximum Gasteiger partial charge on any atom is 0.160 e. The van der Waals surface area contributed by atoms with E-state index in [1.165, 1.54) is 7.11 Å². The van der Waals surface area contributed by atoms with E-state index in [-0.39, 0.29) is 5.75 Å². The molecule has 2 aromatic rings. The number of phenolic OH excluding ortho intramolecular Hbond substituents is 1. The van der Waals surface area contributed by atoms with E-state index >= 15 is 0 Å². The fourth-order valence-electron chi connectivity index (χ4n) is 1.63. The van der Waals surface area contributed by atoms with Crippen LogP contribution in [0, 0.1) is 0 Å². The zero-order valence-corrected chi connectivity index (χ0v) is 10.8. The van der Waals surface area contributed by atoms with E-state index < -0.39 is 0 Å². The zero-order valence-electron chi connectivity index (χ0n) is 10.8. The van der Waals surface area contributed by atoms with Crippen molar-refractivity contribution >= 4 is 11.9 Å².